The van der Waals surface area contributed by atoms with Gasteiger partial charge in [-0.1, -0.05) is 25.1 Å². The van der Waals surface area contributed by atoms with Crippen molar-refractivity contribution in [2.75, 3.05) is 6.54 Å². The number of fused-ring (bicyclic) bond motifs is 1. The third kappa shape index (κ3) is 3.22. The van der Waals surface area contributed by atoms with E-state index >= 15 is 0 Å². The molecular formula is C18H23ClN4O2S. The van der Waals surface area contributed by atoms with Gasteiger partial charge in [0.05, 0.1) is 10.6 Å². The fourth-order valence-corrected chi connectivity index (χ4v) is 4.74. The second-order valence-electron chi connectivity index (χ2n) is 5.98. The maximum absolute atomic E-state index is 13.2. The highest BCUT2D eigenvalue weighted by molar-refractivity contribution is 7.91. The van der Waals surface area contributed by atoms with Crippen molar-refractivity contribution in [1.82, 2.24) is 14.6 Å². The summed E-state index contributed by atoms with van der Waals surface area (Å²) in [5, 5.41) is 4.54. The number of hydrogen-bond donors (Lipinski definition) is 1. The van der Waals surface area contributed by atoms with Crippen LogP contribution in [-0.2, 0) is 22.7 Å². The molecule has 0 unspecified atom stereocenters. The third-order valence-electron chi connectivity index (χ3n) is 4.40. The average molecular weight is 395 g/mol. The summed E-state index contributed by atoms with van der Waals surface area (Å²) in [5.41, 5.74) is 9.31. The molecule has 0 amide bonds. The molecule has 3 aromatic rings. The predicted molar refractivity (Wildman–Crippen MR) is 104 cm³/mol. The highest BCUT2D eigenvalue weighted by atomic mass is 35.5. The largest absolute Gasteiger partial charge is 0.330 e. The number of hydrogen-bond acceptors (Lipinski definition) is 5. The number of benzene rings is 1. The summed E-state index contributed by atoms with van der Waals surface area (Å²) in [6.07, 6.45) is 1.19. The van der Waals surface area contributed by atoms with Crippen molar-refractivity contribution in [3.05, 3.63) is 53.0 Å². The topological polar surface area (TPSA) is 90.3 Å². The highest BCUT2D eigenvalue weighted by Gasteiger charge is 2.29. The molecular weight excluding hydrogens is 372 g/mol. The Morgan fingerprint density at radius 1 is 1.15 bits per heavy atom. The summed E-state index contributed by atoms with van der Waals surface area (Å²) in [6, 6.07) is 8.42. The van der Waals surface area contributed by atoms with Crippen molar-refractivity contribution in [3.63, 3.8) is 0 Å². The summed E-state index contributed by atoms with van der Waals surface area (Å²) in [7, 11) is -3.69. The Bertz CT molecular complexity index is 1030. The molecule has 2 heterocycles. The van der Waals surface area contributed by atoms with Crippen molar-refractivity contribution < 1.29 is 8.42 Å². The molecule has 0 bridgehead atoms. The number of rotatable bonds is 5. The van der Waals surface area contributed by atoms with Gasteiger partial charge in [0, 0.05) is 11.4 Å². The molecule has 3 rings (SSSR count). The van der Waals surface area contributed by atoms with Gasteiger partial charge < -0.3 is 5.73 Å². The van der Waals surface area contributed by atoms with E-state index in [4.69, 9.17) is 5.73 Å². The van der Waals surface area contributed by atoms with Crippen LogP contribution >= 0.6 is 12.4 Å². The van der Waals surface area contributed by atoms with Crippen LogP contribution in [0.5, 0.6) is 0 Å². The fourth-order valence-electron chi connectivity index (χ4n) is 3.12. The Hall–Kier alpha value is -1.96. The molecule has 0 saturated heterocycles. The van der Waals surface area contributed by atoms with Crippen molar-refractivity contribution >= 4 is 27.9 Å². The number of sulfone groups is 1. The lowest BCUT2D eigenvalue weighted by molar-refractivity contribution is 0.595. The summed E-state index contributed by atoms with van der Waals surface area (Å²) in [5.74, 6) is 0. The van der Waals surface area contributed by atoms with E-state index in [2.05, 4.69) is 10.1 Å². The van der Waals surface area contributed by atoms with Gasteiger partial charge in [0.15, 0.2) is 5.65 Å². The Morgan fingerprint density at radius 2 is 1.81 bits per heavy atom. The molecule has 2 N–H and O–H groups in total. The molecule has 1 aromatic carbocycles. The van der Waals surface area contributed by atoms with Gasteiger partial charge in [0.2, 0.25) is 9.84 Å². The van der Waals surface area contributed by atoms with Gasteiger partial charge in [0.25, 0.3) is 0 Å². The van der Waals surface area contributed by atoms with Crippen LogP contribution in [-0.4, -0.2) is 29.6 Å². The number of nitrogens with zero attached hydrogens (tertiary/aromatic N) is 3. The molecule has 2 aromatic heterocycles. The van der Waals surface area contributed by atoms with E-state index in [0.717, 1.165) is 17.0 Å². The number of halogens is 1. The normalized spacial score (nSPS) is 11.5. The predicted octanol–water partition coefficient (Wildman–Crippen LogP) is 2.66. The second-order valence-corrected chi connectivity index (χ2v) is 7.87. The number of aromatic nitrogens is 3. The first kappa shape index (κ1) is 20.4. The molecule has 0 aliphatic heterocycles. The first-order valence-electron chi connectivity index (χ1n) is 8.29. The number of nitrogens with two attached hydrogens (primary N) is 1. The summed E-state index contributed by atoms with van der Waals surface area (Å²) in [6.45, 7) is 6.22. The lowest BCUT2D eigenvalue weighted by Gasteiger charge is -2.10. The van der Waals surface area contributed by atoms with Crippen LogP contribution in [0.4, 0.5) is 0 Å². The molecule has 0 saturated carbocycles. The lowest BCUT2D eigenvalue weighted by atomic mass is 10.1. The average Bonchev–Trinajstić information content (AvgIpc) is 2.98. The minimum absolute atomic E-state index is 0. The highest BCUT2D eigenvalue weighted by Crippen LogP contribution is 2.29. The van der Waals surface area contributed by atoms with E-state index in [9.17, 15) is 8.42 Å². The molecule has 0 fully saturated rings. The van der Waals surface area contributed by atoms with Gasteiger partial charge in [-0.2, -0.15) is 5.10 Å². The SMILES string of the molecule is CCc1nn2c(C)c(CCN)c(C)nc2c1S(=O)(=O)c1ccccc1.Cl. The van der Waals surface area contributed by atoms with E-state index in [0.29, 0.717) is 30.7 Å². The fraction of sp³-hybridized carbons (Fsp3) is 0.333. The van der Waals surface area contributed by atoms with Gasteiger partial charge in [0.1, 0.15) is 4.90 Å². The first-order valence-corrected chi connectivity index (χ1v) is 9.78. The van der Waals surface area contributed by atoms with Crippen LogP contribution in [0, 0.1) is 13.8 Å². The van der Waals surface area contributed by atoms with Crippen molar-refractivity contribution in [3.8, 4) is 0 Å². The summed E-state index contributed by atoms with van der Waals surface area (Å²) >= 11 is 0. The van der Waals surface area contributed by atoms with E-state index < -0.39 is 9.84 Å². The van der Waals surface area contributed by atoms with Crippen LogP contribution in [0.3, 0.4) is 0 Å². The van der Waals surface area contributed by atoms with Gasteiger partial charge in [-0.15, -0.1) is 12.4 Å². The molecule has 6 nitrogen and oxygen atoms in total. The zero-order valence-electron chi connectivity index (χ0n) is 15.1. The molecule has 0 radical (unpaired) electrons. The zero-order valence-corrected chi connectivity index (χ0v) is 16.7. The van der Waals surface area contributed by atoms with Gasteiger partial charge >= 0.3 is 0 Å². The Labute approximate surface area is 159 Å². The maximum Gasteiger partial charge on any atom is 0.212 e. The minimum atomic E-state index is -3.69. The van der Waals surface area contributed by atoms with Crippen molar-refractivity contribution in [2.45, 2.75) is 43.4 Å². The zero-order chi connectivity index (χ0) is 18.2. The summed E-state index contributed by atoms with van der Waals surface area (Å²) < 4.78 is 28.1. The van der Waals surface area contributed by atoms with E-state index in [1.165, 1.54) is 0 Å². The minimum Gasteiger partial charge on any atom is -0.330 e. The monoisotopic (exact) mass is 394 g/mol. The quantitative estimate of drug-likeness (QED) is 0.718. The van der Waals surface area contributed by atoms with Gasteiger partial charge in [-0.3, -0.25) is 0 Å². The third-order valence-corrected chi connectivity index (χ3v) is 6.25. The van der Waals surface area contributed by atoms with E-state index in [1.807, 2.05) is 20.8 Å². The Kier molecular flexibility index (Phi) is 6.05. The molecule has 26 heavy (non-hydrogen) atoms. The second kappa shape index (κ2) is 7.73. The Morgan fingerprint density at radius 3 is 2.38 bits per heavy atom. The van der Waals surface area contributed by atoms with Crippen LogP contribution < -0.4 is 5.73 Å². The molecule has 0 spiro atoms. The lowest BCUT2D eigenvalue weighted by Crippen LogP contribution is -2.11. The van der Waals surface area contributed by atoms with E-state index in [-0.39, 0.29) is 22.2 Å². The summed E-state index contributed by atoms with van der Waals surface area (Å²) in [4.78, 5) is 5.03. The van der Waals surface area contributed by atoms with Crippen LogP contribution in [0.15, 0.2) is 40.1 Å². The van der Waals surface area contributed by atoms with E-state index in [1.54, 1.807) is 34.8 Å². The van der Waals surface area contributed by atoms with Crippen LogP contribution in [0.1, 0.15) is 29.6 Å². The van der Waals surface area contributed by atoms with Crippen LogP contribution in [0.25, 0.3) is 5.65 Å². The Balaban J connectivity index is 0.00000243. The maximum atomic E-state index is 13.2. The molecule has 0 aliphatic rings. The first-order chi connectivity index (χ1) is 11.9. The number of aryl methyl sites for hydroxylation is 3. The van der Waals surface area contributed by atoms with Gasteiger partial charge in [-0.05, 0) is 50.9 Å². The standard InChI is InChI=1S/C18H22N4O2S.ClH/c1-4-16-17(25(23,24)14-8-6-5-7-9-14)18-20-12(2)15(10-11-19)13(3)22(18)21-16;/h5-9H,4,10-11,19H2,1-3H3;1H. The molecule has 8 heteroatoms. The smallest absolute Gasteiger partial charge is 0.212 e. The van der Waals surface area contributed by atoms with Gasteiger partial charge in [-0.25, -0.2) is 17.9 Å². The molecule has 140 valence electrons. The van der Waals surface area contributed by atoms with Crippen molar-refractivity contribution in [2.24, 2.45) is 5.73 Å². The molecule has 0 aliphatic carbocycles. The van der Waals surface area contributed by atoms with Crippen LogP contribution in [0.2, 0.25) is 0 Å². The van der Waals surface area contributed by atoms with Crippen molar-refractivity contribution in [1.29, 1.82) is 0 Å². The molecule has 0 atom stereocenters.